The van der Waals surface area contributed by atoms with Crippen LogP contribution in [-0.2, 0) is 5.60 Å². The fraction of sp³-hybridized carbons (Fsp3) is 0.333. The predicted molar refractivity (Wildman–Crippen MR) is 41.9 cm³/mol. The van der Waals surface area contributed by atoms with Gasteiger partial charge in [-0.2, -0.15) is 26.3 Å². The third-order valence-electron chi connectivity index (χ3n) is 2.10. The number of hydrogen-bond acceptors (Lipinski definition) is 2. The Balaban J connectivity index is 3.53. The van der Waals surface area contributed by atoms with Gasteiger partial charge in [-0.25, -0.2) is 0 Å². The Labute approximate surface area is 91.1 Å². The first kappa shape index (κ1) is 13.6. The van der Waals surface area contributed by atoms with Crippen molar-refractivity contribution in [3.63, 3.8) is 0 Å². The molecule has 0 radical (unpaired) electrons. The van der Waals surface area contributed by atoms with E-state index in [1.54, 1.807) is 0 Å². The Morgan fingerprint density at radius 2 is 1.29 bits per heavy atom. The van der Waals surface area contributed by atoms with Crippen LogP contribution in [0.2, 0.25) is 0 Å². The average molecular weight is 259 g/mol. The maximum Gasteiger partial charge on any atom is 0.430 e. The van der Waals surface area contributed by atoms with E-state index in [1.165, 1.54) is 0 Å². The zero-order valence-electron chi connectivity index (χ0n) is 7.93. The maximum atomic E-state index is 12.4. The zero-order chi connectivity index (χ0) is 13.5. The Kier molecular flexibility index (Phi) is 3.04. The van der Waals surface area contributed by atoms with Gasteiger partial charge in [0.05, 0.1) is 0 Å². The summed E-state index contributed by atoms with van der Waals surface area (Å²) in [6.07, 6.45) is -12.1. The van der Waals surface area contributed by atoms with Gasteiger partial charge < -0.3 is 10.2 Å². The van der Waals surface area contributed by atoms with E-state index in [1.807, 2.05) is 0 Å². The summed E-state index contributed by atoms with van der Waals surface area (Å²) in [6.45, 7) is 0. The van der Waals surface area contributed by atoms with Crippen LogP contribution in [0, 0.1) is 0 Å². The third kappa shape index (κ3) is 2.04. The molecule has 1 N–H and O–H groups in total. The van der Waals surface area contributed by atoms with E-state index in [-0.39, 0.29) is 0 Å². The molecule has 0 atom stereocenters. The summed E-state index contributed by atoms with van der Waals surface area (Å²) in [5, 5.41) is 19.9. The first-order valence-corrected chi connectivity index (χ1v) is 4.14. The molecule has 0 aliphatic carbocycles. The molecule has 0 bridgehead atoms. The lowest BCUT2D eigenvalue weighted by Gasteiger charge is -2.35. The predicted octanol–water partition coefficient (Wildman–Crippen LogP) is 2.07. The second-order valence-corrected chi connectivity index (χ2v) is 3.20. The molecule has 1 rings (SSSR count). The molecule has 96 valence electrons. The molecule has 8 heteroatoms. The first-order valence-electron chi connectivity index (χ1n) is 4.14. The van der Waals surface area contributed by atoms with E-state index in [0.29, 0.717) is 12.1 Å². The number of para-hydroxylation sites is 1. The van der Waals surface area contributed by atoms with Crippen molar-refractivity contribution in [1.82, 2.24) is 0 Å². The molecule has 0 spiro atoms. The molecule has 0 saturated heterocycles. The molecule has 0 aromatic heterocycles. The van der Waals surface area contributed by atoms with Crippen molar-refractivity contribution in [3.05, 3.63) is 29.8 Å². The number of benzene rings is 1. The highest BCUT2D eigenvalue weighted by Crippen LogP contribution is 2.51. The van der Waals surface area contributed by atoms with Gasteiger partial charge in [-0.05, 0) is 5.56 Å². The summed E-state index contributed by atoms with van der Waals surface area (Å²) in [5.41, 5.74) is -6.92. The third-order valence-corrected chi connectivity index (χ3v) is 2.10. The molecule has 17 heavy (non-hydrogen) atoms. The van der Waals surface area contributed by atoms with Crippen LogP contribution in [0.15, 0.2) is 24.3 Å². The monoisotopic (exact) mass is 259 g/mol. The van der Waals surface area contributed by atoms with Crippen molar-refractivity contribution in [1.29, 1.82) is 0 Å². The summed E-state index contributed by atoms with van der Waals surface area (Å²) in [6, 6.07) is 2.58. The van der Waals surface area contributed by atoms with Crippen LogP contribution in [-0.4, -0.2) is 17.5 Å². The number of alkyl halides is 6. The molecule has 0 saturated carbocycles. The first-order chi connectivity index (χ1) is 7.52. The SMILES string of the molecule is [O-]c1ccccc1C(O)(C(F)(F)F)C(F)(F)F. The van der Waals surface area contributed by atoms with Crippen LogP contribution in [0.3, 0.4) is 0 Å². The number of aliphatic hydroxyl groups is 1. The van der Waals surface area contributed by atoms with Crippen molar-refractivity contribution >= 4 is 0 Å². The Hall–Kier alpha value is -1.44. The highest BCUT2D eigenvalue weighted by molar-refractivity contribution is 5.38. The van der Waals surface area contributed by atoms with Crippen molar-refractivity contribution in [2.75, 3.05) is 0 Å². The highest BCUT2D eigenvalue weighted by Gasteiger charge is 2.71. The second kappa shape index (κ2) is 3.80. The largest absolute Gasteiger partial charge is 0.872 e. The quantitative estimate of drug-likeness (QED) is 0.784. The standard InChI is InChI=1S/C9H6F6O2/c10-8(11,12)7(17,9(13,14)15)5-3-1-2-4-6(5)16/h1-4,16-17H/p-1. The summed E-state index contributed by atoms with van der Waals surface area (Å²) in [5.74, 6) is -1.54. The minimum Gasteiger partial charge on any atom is -0.872 e. The van der Waals surface area contributed by atoms with E-state index >= 15 is 0 Å². The van der Waals surface area contributed by atoms with Gasteiger partial charge in [0.2, 0.25) is 0 Å². The molecule has 0 unspecified atom stereocenters. The highest BCUT2D eigenvalue weighted by atomic mass is 19.4. The topological polar surface area (TPSA) is 43.3 Å². The van der Waals surface area contributed by atoms with Crippen molar-refractivity contribution in [2.24, 2.45) is 0 Å². The smallest absolute Gasteiger partial charge is 0.430 e. The van der Waals surface area contributed by atoms with Gasteiger partial charge >= 0.3 is 12.4 Å². The molecule has 0 heterocycles. The lowest BCUT2D eigenvalue weighted by atomic mass is 9.91. The molecule has 1 aromatic carbocycles. The van der Waals surface area contributed by atoms with E-state index in [9.17, 15) is 31.4 Å². The van der Waals surface area contributed by atoms with Crippen LogP contribution < -0.4 is 5.11 Å². The van der Waals surface area contributed by atoms with Gasteiger partial charge in [0.15, 0.2) is 0 Å². The molecule has 1 aromatic rings. The molecule has 0 aliphatic rings. The summed E-state index contributed by atoms with van der Waals surface area (Å²) >= 11 is 0. The molecule has 0 fully saturated rings. The lowest BCUT2D eigenvalue weighted by Crippen LogP contribution is -2.54. The number of rotatable bonds is 1. The fourth-order valence-corrected chi connectivity index (χ4v) is 1.23. The van der Waals surface area contributed by atoms with E-state index in [4.69, 9.17) is 5.11 Å². The van der Waals surface area contributed by atoms with Crippen LogP contribution in [0.4, 0.5) is 26.3 Å². The number of halogens is 6. The lowest BCUT2D eigenvalue weighted by molar-refractivity contribution is -0.380. The second-order valence-electron chi connectivity index (χ2n) is 3.20. The van der Waals surface area contributed by atoms with Crippen LogP contribution in [0.5, 0.6) is 5.75 Å². The van der Waals surface area contributed by atoms with Crippen LogP contribution >= 0.6 is 0 Å². The van der Waals surface area contributed by atoms with Crippen molar-refractivity contribution in [3.8, 4) is 5.75 Å². The normalized spacial score (nSPS) is 13.8. The maximum absolute atomic E-state index is 12.4. The Bertz CT molecular complexity index is 395. The van der Waals surface area contributed by atoms with Crippen molar-refractivity contribution in [2.45, 2.75) is 18.0 Å². The molecular weight excluding hydrogens is 254 g/mol. The average Bonchev–Trinajstić information content (AvgIpc) is 2.13. The Morgan fingerprint density at radius 3 is 1.65 bits per heavy atom. The van der Waals surface area contributed by atoms with Crippen molar-refractivity contribution < 1.29 is 36.6 Å². The summed E-state index contributed by atoms with van der Waals surface area (Å²) in [7, 11) is 0. The van der Waals surface area contributed by atoms with Gasteiger partial charge in [0, 0.05) is 0 Å². The molecule has 0 amide bonds. The summed E-state index contributed by atoms with van der Waals surface area (Å²) in [4.78, 5) is 0. The molecule has 2 nitrogen and oxygen atoms in total. The number of hydrogen-bond donors (Lipinski definition) is 1. The van der Waals surface area contributed by atoms with Gasteiger partial charge in [-0.15, -0.1) is 5.75 Å². The zero-order valence-corrected chi connectivity index (χ0v) is 7.93. The molecule has 0 aliphatic heterocycles. The molecular formula is C9H5F6O2-. The Morgan fingerprint density at radius 1 is 0.882 bits per heavy atom. The minimum atomic E-state index is -6.04. The minimum absolute atomic E-state index is 0.295. The van der Waals surface area contributed by atoms with Gasteiger partial charge in [0.1, 0.15) is 0 Å². The fourth-order valence-electron chi connectivity index (χ4n) is 1.23. The van der Waals surface area contributed by atoms with Crippen LogP contribution in [0.1, 0.15) is 5.56 Å². The van der Waals surface area contributed by atoms with E-state index < -0.39 is 29.3 Å². The van der Waals surface area contributed by atoms with E-state index in [2.05, 4.69) is 0 Å². The van der Waals surface area contributed by atoms with Gasteiger partial charge in [-0.3, -0.25) is 0 Å². The van der Waals surface area contributed by atoms with Crippen LogP contribution in [0.25, 0.3) is 0 Å². The van der Waals surface area contributed by atoms with Gasteiger partial charge in [0.25, 0.3) is 5.60 Å². The summed E-state index contributed by atoms with van der Waals surface area (Å²) < 4.78 is 74.1. The van der Waals surface area contributed by atoms with Gasteiger partial charge in [-0.1, -0.05) is 24.3 Å². The van der Waals surface area contributed by atoms with E-state index in [0.717, 1.165) is 12.1 Å².